The average Bonchev–Trinajstić information content (AvgIpc) is 3.18. The maximum Gasteiger partial charge on any atom is 0.244 e. The topological polar surface area (TPSA) is 72.9 Å². The molecule has 4 rings (SSSR count). The van der Waals surface area contributed by atoms with Gasteiger partial charge in [-0.05, 0) is 49.2 Å². The van der Waals surface area contributed by atoms with E-state index < -0.39 is 0 Å². The van der Waals surface area contributed by atoms with Gasteiger partial charge >= 0.3 is 0 Å². The van der Waals surface area contributed by atoms with Crippen molar-refractivity contribution in [3.63, 3.8) is 0 Å². The Labute approximate surface area is 170 Å². The van der Waals surface area contributed by atoms with Gasteiger partial charge in [-0.2, -0.15) is 0 Å². The van der Waals surface area contributed by atoms with Crippen molar-refractivity contribution in [2.75, 3.05) is 24.8 Å². The SMILES string of the molecule is CC1CN(c2ccc(CNC(=O)C=Cc3ccc4c(c3)OCO4)cn2)CC(C)O1. The molecule has 0 saturated carbocycles. The van der Waals surface area contributed by atoms with Crippen molar-refractivity contribution in [3.05, 3.63) is 53.7 Å². The standard InChI is InChI=1S/C22H25N3O4/c1-15-12-25(13-16(2)29-15)21-7-4-18(10-23-21)11-24-22(26)8-5-17-3-6-19-20(9-17)28-14-27-19/h3-10,15-16H,11-14H2,1-2H3,(H,24,26). The van der Waals surface area contributed by atoms with E-state index in [0.717, 1.165) is 35.8 Å². The number of morpholine rings is 1. The zero-order valence-electron chi connectivity index (χ0n) is 16.6. The normalized spacial score (nSPS) is 20.8. The molecule has 7 nitrogen and oxygen atoms in total. The molecule has 0 aliphatic carbocycles. The Kier molecular flexibility index (Phi) is 5.67. The van der Waals surface area contributed by atoms with Crippen molar-refractivity contribution in [1.82, 2.24) is 10.3 Å². The average molecular weight is 395 g/mol. The molecule has 1 N–H and O–H groups in total. The van der Waals surface area contributed by atoms with Crippen molar-refractivity contribution in [2.45, 2.75) is 32.6 Å². The number of hydrogen-bond donors (Lipinski definition) is 1. The van der Waals surface area contributed by atoms with Gasteiger partial charge in [-0.15, -0.1) is 0 Å². The Bertz CT molecular complexity index is 887. The van der Waals surface area contributed by atoms with Crippen LogP contribution >= 0.6 is 0 Å². The van der Waals surface area contributed by atoms with Crippen LogP contribution in [0.1, 0.15) is 25.0 Å². The quantitative estimate of drug-likeness (QED) is 0.785. The number of hydrogen-bond acceptors (Lipinski definition) is 6. The summed E-state index contributed by atoms with van der Waals surface area (Å²) in [5, 5.41) is 2.88. The molecule has 1 aromatic carbocycles. The Morgan fingerprint density at radius 1 is 1.17 bits per heavy atom. The Balaban J connectivity index is 1.29. The number of carbonyl (C=O) groups excluding carboxylic acids is 1. The van der Waals surface area contributed by atoms with Crippen molar-refractivity contribution < 1.29 is 19.0 Å². The molecule has 2 aliphatic rings. The molecule has 0 spiro atoms. The smallest absolute Gasteiger partial charge is 0.244 e. The van der Waals surface area contributed by atoms with Gasteiger partial charge in [0.2, 0.25) is 12.7 Å². The first kappa shape index (κ1) is 19.3. The molecule has 2 aliphatic heterocycles. The van der Waals surface area contributed by atoms with E-state index in [1.54, 1.807) is 6.08 Å². The third kappa shape index (κ3) is 4.86. The molecule has 0 radical (unpaired) electrons. The van der Waals surface area contributed by atoms with Crippen LogP contribution in [0.5, 0.6) is 11.5 Å². The van der Waals surface area contributed by atoms with E-state index in [4.69, 9.17) is 14.2 Å². The number of carbonyl (C=O) groups is 1. The van der Waals surface area contributed by atoms with Gasteiger partial charge in [-0.1, -0.05) is 12.1 Å². The van der Waals surface area contributed by atoms with Crippen LogP contribution in [0.2, 0.25) is 0 Å². The van der Waals surface area contributed by atoms with Gasteiger partial charge in [0.05, 0.1) is 12.2 Å². The molecule has 2 unspecified atom stereocenters. The predicted molar refractivity (Wildman–Crippen MR) is 110 cm³/mol. The van der Waals surface area contributed by atoms with Crippen LogP contribution in [0.25, 0.3) is 6.08 Å². The number of ether oxygens (including phenoxy) is 3. The molecule has 3 heterocycles. The second-order valence-corrected chi connectivity index (χ2v) is 7.35. The summed E-state index contributed by atoms with van der Waals surface area (Å²) in [6.07, 6.45) is 5.45. The summed E-state index contributed by atoms with van der Waals surface area (Å²) in [5.74, 6) is 2.19. The molecule has 1 saturated heterocycles. The van der Waals surface area contributed by atoms with Gasteiger partial charge in [0.1, 0.15) is 5.82 Å². The lowest BCUT2D eigenvalue weighted by molar-refractivity contribution is -0.116. The van der Waals surface area contributed by atoms with Crippen molar-refractivity contribution in [3.8, 4) is 11.5 Å². The van der Waals surface area contributed by atoms with E-state index in [1.165, 1.54) is 6.08 Å². The predicted octanol–water partition coefficient (Wildman–Crippen LogP) is 2.75. The zero-order chi connectivity index (χ0) is 20.2. The van der Waals surface area contributed by atoms with E-state index >= 15 is 0 Å². The first-order chi connectivity index (χ1) is 14.1. The maximum absolute atomic E-state index is 12.1. The van der Waals surface area contributed by atoms with E-state index in [2.05, 4.69) is 29.0 Å². The molecule has 1 aromatic heterocycles. The number of anilines is 1. The number of fused-ring (bicyclic) bond motifs is 1. The summed E-state index contributed by atoms with van der Waals surface area (Å²) in [5.41, 5.74) is 1.83. The van der Waals surface area contributed by atoms with Gasteiger partial charge in [0.25, 0.3) is 0 Å². The summed E-state index contributed by atoms with van der Waals surface area (Å²) in [6.45, 7) is 6.47. The second-order valence-electron chi connectivity index (χ2n) is 7.35. The number of rotatable bonds is 5. The highest BCUT2D eigenvalue weighted by molar-refractivity contribution is 5.91. The summed E-state index contributed by atoms with van der Waals surface area (Å²) >= 11 is 0. The highest BCUT2D eigenvalue weighted by Crippen LogP contribution is 2.32. The molecule has 152 valence electrons. The summed E-state index contributed by atoms with van der Waals surface area (Å²) in [7, 11) is 0. The van der Waals surface area contributed by atoms with Crippen LogP contribution < -0.4 is 19.7 Å². The van der Waals surface area contributed by atoms with Gasteiger partial charge in [0.15, 0.2) is 11.5 Å². The molecular weight excluding hydrogens is 370 g/mol. The lowest BCUT2D eigenvalue weighted by Gasteiger charge is -2.36. The molecular formula is C22H25N3O4. The largest absolute Gasteiger partial charge is 0.454 e. The third-order valence-corrected chi connectivity index (χ3v) is 4.84. The second kappa shape index (κ2) is 8.53. The lowest BCUT2D eigenvalue weighted by Crippen LogP contribution is -2.45. The Hall–Kier alpha value is -3.06. The fourth-order valence-electron chi connectivity index (χ4n) is 3.51. The highest BCUT2D eigenvalue weighted by Gasteiger charge is 2.22. The van der Waals surface area contributed by atoms with Crippen LogP contribution in [0.15, 0.2) is 42.6 Å². The van der Waals surface area contributed by atoms with Crippen LogP contribution in [0.3, 0.4) is 0 Å². The molecule has 7 heteroatoms. The maximum atomic E-state index is 12.1. The fraction of sp³-hybridized carbons (Fsp3) is 0.364. The number of pyridine rings is 1. The number of aromatic nitrogens is 1. The summed E-state index contributed by atoms with van der Waals surface area (Å²) < 4.78 is 16.4. The van der Waals surface area contributed by atoms with Gasteiger partial charge < -0.3 is 24.4 Å². The minimum Gasteiger partial charge on any atom is -0.454 e. The minimum absolute atomic E-state index is 0.164. The molecule has 0 bridgehead atoms. The Morgan fingerprint density at radius 3 is 2.72 bits per heavy atom. The van der Waals surface area contributed by atoms with Crippen molar-refractivity contribution >= 4 is 17.8 Å². The summed E-state index contributed by atoms with van der Waals surface area (Å²) in [6, 6.07) is 9.56. The number of benzene rings is 1. The minimum atomic E-state index is -0.164. The van der Waals surface area contributed by atoms with E-state index in [9.17, 15) is 4.79 Å². The molecule has 2 aromatic rings. The molecule has 2 atom stereocenters. The third-order valence-electron chi connectivity index (χ3n) is 4.84. The van der Waals surface area contributed by atoms with Crippen molar-refractivity contribution in [2.24, 2.45) is 0 Å². The van der Waals surface area contributed by atoms with E-state index in [0.29, 0.717) is 12.3 Å². The Morgan fingerprint density at radius 2 is 1.97 bits per heavy atom. The fourth-order valence-corrected chi connectivity index (χ4v) is 3.51. The van der Waals surface area contributed by atoms with Crippen LogP contribution in [0.4, 0.5) is 5.82 Å². The lowest BCUT2D eigenvalue weighted by atomic mass is 10.2. The van der Waals surface area contributed by atoms with Crippen LogP contribution in [-0.4, -0.2) is 43.0 Å². The molecule has 1 amide bonds. The van der Waals surface area contributed by atoms with E-state index in [1.807, 2.05) is 36.5 Å². The number of nitrogens with one attached hydrogen (secondary N) is 1. The monoisotopic (exact) mass is 395 g/mol. The molecule has 1 fully saturated rings. The number of nitrogens with zero attached hydrogens (tertiary/aromatic N) is 2. The number of amides is 1. The van der Waals surface area contributed by atoms with Gasteiger partial charge in [0, 0.05) is 31.9 Å². The summed E-state index contributed by atoms with van der Waals surface area (Å²) in [4.78, 5) is 18.9. The first-order valence-electron chi connectivity index (χ1n) is 9.78. The van der Waals surface area contributed by atoms with Gasteiger partial charge in [-0.25, -0.2) is 4.98 Å². The van der Waals surface area contributed by atoms with Crippen LogP contribution in [-0.2, 0) is 16.1 Å². The molecule has 29 heavy (non-hydrogen) atoms. The first-order valence-corrected chi connectivity index (χ1v) is 9.78. The van der Waals surface area contributed by atoms with Crippen molar-refractivity contribution in [1.29, 1.82) is 0 Å². The highest BCUT2D eigenvalue weighted by atomic mass is 16.7. The van der Waals surface area contributed by atoms with E-state index in [-0.39, 0.29) is 24.9 Å². The van der Waals surface area contributed by atoms with Gasteiger partial charge in [-0.3, -0.25) is 4.79 Å². The zero-order valence-corrected chi connectivity index (χ0v) is 16.6. The van der Waals surface area contributed by atoms with Crippen LogP contribution in [0, 0.1) is 0 Å².